The van der Waals surface area contributed by atoms with Crippen molar-refractivity contribution in [3.63, 3.8) is 0 Å². The lowest BCUT2D eigenvalue weighted by Gasteiger charge is -2.21. The van der Waals surface area contributed by atoms with Crippen LogP contribution in [0.4, 0.5) is 4.39 Å². The smallest absolute Gasteiger partial charge is 0.242 e. The molecule has 0 bridgehead atoms. The molecule has 1 aliphatic heterocycles. The van der Waals surface area contributed by atoms with Gasteiger partial charge in [0, 0.05) is 31.8 Å². The van der Waals surface area contributed by atoms with Crippen LogP contribution in [0.15, 0.2) is 41.3 Å². The van der Waals surface area contributed by atoms with E-state index in [0.717, 1.165) is 24.0 Å². The normalized spacial score (nSPS) is 17.4. The van der Waals surface area contributed by atoms with Crippen molar-refractivity contribution in [3.8, 4) is 16.9 Å². The summed E-state index contributed by atoms with van der Waals surface area (Å²) >= 11 is 0. The molecule has 146 valence electrons. The highest BCUT2D eigenvalue weighted by atomic mass is 32.2. The quantitative estimate of drug-likeness (QED) is 0.752. The molecule has 1 unspecified atom stereocenters. The van der Waals surface area contributed by atoms with Crippen LogP contribution in [-0.4, -0.2) is 46.1 Å². The van der Waals surface area contributed by atoms with E-state index in [2.05, 4.69) is 0 Å². The summed E-state index contributed by atoms with van der Waals surface area (Å²) in [6, 6.07) is 9.25. The Morgan fingerprint density at radius 1 is 1.22 bits per heavy atom. The zero-order valence-corrected chi connectivity index (χ0v) is 16.6. The van der Waals surface area contributed by atoms with E-state index in [1.807, 2.05) is 6.92 Å². The van der Waals surface area contributed by atoms with Crippen molar-refractivity contribution >= 4 is 10.0 Å². The Balaban J connectivity index is 1.90. The van der Waals surface area contributed by atoms with Gasteiger partial charge < -0.3 is 9.47 Å². The summed E-state index contributed by atoms with van der Waals surface area (Å²) in [6.07, 6.45) is 1.79. The number of sulfonamides is 1. The second-order valence-corrected chi connectivity index (χ2v) is 8.79. The van der Waals surface area contributed by atoms with E-state index in [-0.39, 0.29) is 16.8 Å². The molecule has 0 aromatic heterocycles. The van der Waals surface area contributed by atoms with E-state index in [4.69, 9.17) is 9.47 Å². The molecule has 0 saturated carbocycles. The number of hydrogen-bond acceptors (Lipinski definition) is 4. The lowest BCUT2D eigenvalue weighted by atomic mass is 10.00. The molecule has 1 fully saturated rings. The van der Waals surface area contributed by atoms with Gasteiger partial charge in [0.2, 0.25) is 10.0 Å². The molecule has 3 rings (SSSR count). The highest BCUT2D eigenvalue weighted by Crippen LogP contribution is 2.34. The van der Waals surface area contributed by atoms with Crippen LogP contribution in [0, 0.1) is 12.7 Å². The Bertz CT molecular complexity index is 924. The fourth-order valence-electron chi connectivity index (χ4n) is 3.34. The molecule has 2 aromatic rings. The first-order valence-corrected chi connectivity index (χ1v) is 10.3. The van der Waals surface area contributed by atoms with Crippen LogP contribution in [-0.2, 0) is 14.8 Å². The van der Waals surface area contributed by atoms with E-state index in [1.54, 1.807) is 31.3 Å². The predicted molar refractivity (Wildman–Crippen MR) is 102 cm³/mol. The highest BCUT2D eigenvalue weighted by molar-refractivity contribution is 7.89. The summed E-state index contributed by atoms with van der Waals surface area (Å²) in [5.41, 5.74) is 2.28. The molecule has 5 nitrogen and oxygen atoms in total. The number of methoxy groups -OCH3 is 1. The number of likely N-dealkylation sites (N-methyl/N-ethyl adjacent to an activating group) is 1. The number of nitrogens with zero attached hydrogens (tertiary/aromatic N) is 1. The van der Waals surface area contributed by atoms with Gasteiger partial charge in [0.1, 0.15) is 11.6 Å². The first-order valence-electron chi connectivity index (χ1n) is 8.85. The fourth-order valence-corrected chi connectivity index (χ4v) is 4.63. The Hall–Kier alpha value is -1.96. The van der Waals surface area contributed by atoms with Gasteiger partial charge in [0.25, 0.3) is 0 Å². The van der Waals surface area contributed by atoms with E-state index < -0.39 is 10.0 Å². The van der Waals surface area contributed by atoms with Gasteiger partial charge in [0.15, 0.2) is 0 Å². The van der Waals surface area contributed by atoms with Gasteiger partial charge in [-0.15, -0.1) is 0 Å². The maximum Gasteiger partial charge on any atom is 0.242 e. The Morgan fingerprint density at radius 3 is 2.59 bits per heavy atom. The molecular weight excluding hydrogens is 369 g/mol. The van der Waals surface area contributed by atoms with Crippen molar-refractivity contribution in [1.29, 1.82) is 0 Å². The molecule has 1 saturated heterocycles. The molecule has 0 N–H and O–H groups in total. The minimum Gasteiger partial charge on any atom is -0.496 e. The third-order valence-electron chi connectivity index (χ3n) is 4.84. The molecule has 1 atom stereocenters. The molecule has 1 aliphatic rings. The molecule has 27 heavy (non-hydrogen) atoms. The van der Waals surface area contributed by atoms with Crippen molar-refractivity contribution in [1.82, 2.24) is 4.31 Å². The second-order valence-electron chi connectivity index (χ2n) is 6.74. The molecule has 0 aliphatic carbocycles. The number of ether oxygens (including phenoxy) is 2. The third kappa shape index (κ3) is 4.15. The maximum atomic E-state index is 13.5. The molecule has 1 heterocycles. The summed E-state index contributed by atoms with van der Waals surface area (Å²) in [4.78, 5) is 0.227. The maximum absolute atomic E-state index is 13.5. The van der Waals surface area contributed by atoms with Crippen LogP contribution >= 0.6 is 0 Å². The largest absolute Gasteiger partial charge is 0.496 e. The minimum absolute atomic E-state index is 0.0476. The standard InChI is InChI=1S/C20H24FNO4S/c1-14-11-17(27(23,24)22(2)13-16-5-4-10-26-16)7-9-18(14)19-8-6-15(21)12-20(19)25-3/h6-9,11-12,16H,4-5,10,13H2,1-3H3. The lowest BCUT2D eigenvalue weighted by molar-refractivity contribution is 0.0979. The molecular formula is C20H24FNO4S. The monoisotopic (exact) mass is 393 g/mol. The van der Waals surface area contributed by atoms with Crippen molar-refractivity contribution in [2.75, 3.05) is 27.3 Å². The average Bonchev–Trinajstić information content (AvgIpc) is 3.14. The van der Waals surface area contributed by atoms with Crippen molar-refractivity contribution in [3.05, 3.63) is 47.8 Å². The molecule has 2 aromatic carbocycles. The van der Waals surface area contributed by atoms with Crippen LogP contribution < -0.4 is 4.74 Å². The van der Waals surface area contributed by atoms with Crippen LogP contribution in [0.3, 0.4) is 0 Å². The topological polar surface area (TPSA) is 55.8 Å². The summed E-state index contributed by atoms with van der Waals surface area (Å²) < 4.78 is 51.4. The fraction of sp³-hybridized carbons (Fsp3) is 0.400. The summed E-state index contributed by atoms with van der Waals surface area (Å²) in [5, 5.41) is 0. The lowest BCUT2D eigenvalue weighted by Crippen LogP contribution is -2.34. The summed E-state index contributed by atoms with van der Waals surface area (Å²) in [6.45, 7) is 2.86. The average molecular weight is 393 g/mol. The van der Waals surface area contributed by atoms with Gasteiger partial charge in [0.05, 0.1) is 18.1 Å². The number of rotatable bonds is 6. The Morgan fingerprint density at radius 2 is 1.96 bits per heavy atom. The second kappa shape index (κ2) is 7.96. The minimum atomic E-state index is -3.61. The number of hydrogen-bond donors (Lipinski definition) is 0. The van der Waals surface area contributed by atoms with Crippen LogP contribution in [0.2, 0.25) is 0 Å². The summed E-state index contributed by atoms with van der Waals surface area (Å²) in [7, 11) is -0.557. The summed E-state index contributed by atoms with van der Waals surface area (Å²) in [5.74, 6) is 0.0208. The highest BCUT2D eigenvalue weighted by Gasteiger charge is 2.26. The molecule has 7 heteroatoms. The zero-order valence-electron chi connectivity index (χ0n) is 15.7. The van der Waals surface area contributed by atoms with Gasteiger partial charge in [-0.05, 0) is 55.2 Å². The molecule has 0 radical (unpaired) electrons. The van der Waals surface area contributed by atoms with Gasteiger partial charge in [-0.3, -0.25) is 0 Å². The van der Waals surface area contributed by atoms with Crippen LogP contribution in [0.1, 0.15) is 18.4 Å². The van der Waals surface area contributed by atoms with E-state index in [9.17, 15) is 12.8 Å². The third-order valence-corrected chi connectivity index (χ3v) is 6.66. The van der Waals surface area contributed by atoms with Crippen LogP contribution in [0.5, 0.6) is 5.75 Å². The zero-order chi connectivity index (χ0) is 19.6. The van der Waals surface area contributed by atoms with Crippen molar-refractivity contribution in [2.45, 2.75) is 30.8 Å². The Labute approximate surface area is 159 Å². The number of benzene rings is 2. The number of halogens is 1. The van der Waals surface area contributed by atoms with E-state index in [1.165, 1.54) is 23.5 Å². The van der Waals surface area contributed by atoms with Crippen molar-refractivity contribution in [2.24, 2.45) is 0 Å². The van der Waals surface area contributed by atoms with Crippen molar-refractivity contribution < 1.29 is 22.3 Å². The van der Waals surface area contributed by atoms with Gasteiger partial charge in [-0.1, -0.05) is 6.07 Å². The first kappa shape index (κ1) is 19.8. The van der Waals surface area contributed by atoms with Gasteiger partial charge in [-0.2, -0.15) is 4.31 Å². The molecule has 0 amide bonds. The van der Waals surface area contributed by atoms with E-state index >= 15 is 0 Å². The number of aryl methyl sites for hydroxylation is 1. The first-order chi connectivity index (χ1) is 12.8. The van der Waals surface area contributed by atoms with E-state index in [0.29, 0.717) is 24.5 Å². The molecule has 0 spiro atoms. The van der Waals surface area contributed by atoms with Gasteiger partial charge in [-0.25, -0.2) is 12.8 Å². The van der Waals surface area contributed by atoms with Crippen LogP contribution in [0.25, 0.3) is 11.1 Å². The Kier molecular flexibility index (Phi) is 5.83. The van der Waals surface area contributed by atoms with Gasteiger partial charge >= 0.3 is 0 Å². The predicted octanol–water partition coefficient (Wildman–Crippen LogP) is 3.61. The SMILES string of the molecule is COc1cc(F)ccc1-c1ccc(S(=O)(=O)N(C)CC2CCCO2)cc1C.